The van der Waals surface area contributed by atoms with Crippen LogP contribution in [0.4, 0.5) is 5.69 Å². The molecule has 1 aromatic carbocycles. The number of hydrogen-bond acceptors (Lipinski definition) is 5. The van der Waals surface area contributed by atoms with E-state index in [0.717, 1.165) is 0 Å². The standard InChI is InChI=1S/C18H32N2O4Si/c1-14(15(2)24-25(7,8)18(3,4)5)19-20(21)16-9-11-17(12-10-16)23-13-22-6/h9-12,14-15H,13H2,1-8H3/t14-,15+/m0/s1. The minimum absolute atomic E-state index is 0.121. The molecule has 0 aliphatic heterocycles. The molecule has 0 N–H and O–H groups in total. The minimum Gasteiger partial charge on any atom is -0.594 e. The van der Waals surface area contributed by atoms with Gasteiger partial charge in [0, 0.05) is 19.2 Å². The summed E-state index contributed by atoms with van der Waals surface area (Å²) in [6.45, 7) is 15.0. The Hall–Kier alpha value is -1.44. The molecule has 0 aliphatic rings. The Bertz CT molecular complexity index is 567. The Labute approximate surface area is 152 Å². The first-order chi connectivity index (χ1) is 11.5. The molecule has 0 amide bonds. The fraction of sp³-hybridized carbons (Fsp3) is 0.667. The van der Waals surface area contributed by atoms with Crippen LogP contribution >= 0.6 is 0 Å². The zero-order valence-electron chi connectivity index (χ0n) is 16.7. The van der Waals surface area contributed by atoms with Crippen molar-refractivity contribution in [3.8, 4) is 5.75 Å². The van der Waals surface area contributed by atoms with Crippen LogP contribution < -0.4 is 4.74 Å². The summed E-state index contributed by atoms with van der Waals surface area (Å²) >= 11 is 0. The molecule has 0 unspecified atom stereocenters. The molecular formula is C18H32N2O4Si. The lowest BCUT2D eigenvalue weighted by atomic mass is 10.2. The van der Waals surface area contributed by atoms with Gasteiger partial charge in [0.05, 0.1) is 6.10 Å². The van der Waals surface area contributed by atoms with Gasteiger partial charge in [-0.1, -0.05) is 25.6 Å². The summed E-state index contributed by atoms with van der Waals surface area (Å²) in [6, 6.07) is 6.54. The molecule has 0 radical (unpaired) electrons. The lowest BCUT2D eigenvalue weighted by Crippen LogP contribution is -2.45. The van der Waals surface area contributed by atoms with Crippen LogP contribution in [0, 0.1) is 5.21 Å². The summed E-state index contributed by atoms with van der Waals surface area (Å²) in [5.74, 6) is 0.640. The van der Waals surface area contributed by atoms with Gasteiger partial charge in [0.1, 0.15) is 11.8 Å². The Morgan fingerprint density at radius 3 is 2.20 bits per heavy atom. The number of nitrogens with zero attached hydrogens (tertiary/aromatic N) is 2. The Morgan fingerprint density at radius 2 is 1.72 bits per heavy atom. The number of benzene rings is 1. The van der Waals surface area contributed by atoms with Crippen LogP contribution in [0.1, 0.15) is 34.6 Å². The van der Waals surface area contributed by atoms with E-state index in [1.807, 2.05) is 13.8 Å². The summed E-state index contributed by atoms with van der Waals surface area (Å²) in [4.78, 5) is 0.649. The zero-order valence-corrected chi connectivity index (χ0v) is 17.7. The van der Waals surface area contributed by atoms with Crippen molar-refractivity contribution < 1.29 is 18.8 Å². The first-order valence-corrected chi connectivity index (χ1v) is 11.5. The Kier molecular flexibility index (Phi) is 7.58. The van der Waals surface area contributed by atoms with Crippen LogP contribution in [0.5, 0.6) is 5.75 Å². The highest BCUT2D eigenvalue weighted by Gasteiger charge is 2.39. The third kappa shape index (κ3) is 6.41. The van der Waals surface area contributed by atoms with Gasteiger partial charge in [-0.2, -0.15) is 0 Å². The molecule has 1 rings (SSSR count). The monoisotopic (exact) mass is 368 g/mol. The summed E-state index contributed by atoms with van der Waals surface area (Å²) in [5.41, 5.74) is 0.455. The third-order valence-corrected chi connectivity index (χ3v) is 9.23. The Morgan fingerprint density at radius 1 is 1.16 bits per heavy atom. The van der Waals surface area contributed by atoms with Gasteiger partial charge in [-0.3, -0.25) is 0 Å². The number of ether oxygens (including phenoxy) is 2. The van der Waals surface area contributed by atoms with Crippen LogP contribution in [0.3, 0.4) is 0 Å². The predicted molar refractivity (Wildman–Crippen MR) is 102 cm³/mol. The smallest absolute Gasteiger partial charge is 0.244 e. The van der Waals surface area contributed by atoms with Crippen molar-refractivity contribution in [1.82, 2.24) is 0 Å². The molecule has 0 saturated carbocycles. The molecule has 6 nitrogen and oxygen atoms in total. The summed E-state index contributed by atoms with van der Waals surface area (Å²) in [6.07, 6.45) is -0.123. The maximum Gasteiger partial charge on any atom is 0.244 e. The van der Waals surface area contributed by atoms with Gasteiger partial charge in [-0.05, 0) is 49.2 Å². The fourth-order valence-corrected chi connectivity index (χ4v) is 3.34. The van der Waals surface area contributed by atoms with Gasteiger partial charge in [0.2, 0.25) is 5.69 Å². The number of rotatable bonds is 8. The maximum absolute atomic E-state index is 12.3. The van der Waals surface area contributed by atoms with E-state index in [1.54, 1.807) is 31.4 Å². The predicted octanol–water partition coefficient (Wildman–Crippen LogP) is 5.06. The lowest BCUT2D eigenvalue weighted by Gasteiger charge is -2.38. The average molecular weight is 369 g/mol. The molecule has 0 aromatic heterocycles. The van der Waals surface area contributed by atoms with Gasteiger partial charge in [-0.25, -0.2) is 0 Å². The summed E-state index contributed by atoms with van der Waals surface area (Å²) in [5, 5.41) is 16.6. The van der Waals surface area contributed by atoms with Gasteiger partial charge in [0.15, 0.2) is 15.1 Å². The molecule has 1 aromatic rings. The zero-order chi connectivity index (χ0) is 19.3. The van der Waals surface area contributed by atoms with Crippen molar-refractivity contribution in [3.05, 3.63) is 29.5 Å². The highest BCUT2D eigenvalue weighted by atomic mass is 28.4. The van der Waals surface area contributed by atoms with E-state index in [1.165, 1.54) is 0 Å². The van der Waals surface area contributed by atoms with Crippen LogP contribution in [0.15, 0.2) is 29.4 Å². The minimum atomic E-state index is -1.89. The molecule has 0 saturated heterocycles. The summed E-state index contributed by atoms with van der Waals surface area (Å²) in [7, 11) is -0.334. The second-order valence-electron chi connectivity index (χ2n) is 7.76. The molecule has 7 heteroatoms. The average Bonchev–Trinajstić information content (AvgIpc) is 2.51. The van der Waals surface area contributed by atoms with E-state index in [4.69, 9.17) is 13.9 Å². The first-order valence-electron chi connectivity index (χ1n) is 8.55. The van der Waals surface area contributed by atoms with Crippen molar-refractivity contribution in [1.29, 1.82) is 0 Å². The molecule has 0 spiro atoms. The second-order valence-corrected chi connectivity index (χ2v) is 12.5. The van der Waals surface area contributed by atoms with Crippen molar-refractivity contribution in [2.24, 2.45) is 5.11 Å². The van der Waals surface area contributed by atoms with Crippen LogP contribution in [0.2, 0.25) is 18.1 Å². The van der Waals surface area contributed by atoms with Gasteiger partial charge < -0.3 is 19.1 Å². The fourth-order valence-electron chi connectivity index (χ4n) is 1.86. The molecule has 25 heavy (non-hydrogen) atoms. The first kappa shape index (κ1) is 21.6. The van der Waals surface area contributed by atoms with E-state index in [0.29, 0.717) is 16.3 Å². The molecule has 2 atom stereocenters. The van der Waals surface area contributed by atoms with Crippen LogP contribution in [-0.4, -0.2) is 39.2 Å². The van der Waals surface area contributed by atoms with Gasteiger partial charge >= 0.3 is 0 Å². The quantitative estimate of drug-likeness (QED) is 0.211. The van der Waals surface area contributed by atoms with Crippen LogP contribution in [-0.2, 0) is 9.16 Å². The topological polar surface area (TPSA) is 66.1 Å². The van der Waals surface area contributed by atoms with E-state index in [9.17, 15) is 5.21 Å². The van der Waals surface area contributed by atoms with E-state index in [-0.39, 0.29) is 24.0 Å². The van der Waals surface area contributed by atoms with Crippen LogP contribution in [0.25, 0.3) is 0 Å². The highest BCUT2D eigenvalue weighted by molar-refractivity contribution is 6.74. The van der Waals surface area contributed by atoms with Crippen molar-refractivity contribution >= 4 is 14.0 Å². The SMILES string of the molecule is COCOc1ccc([N+]([O-])=N[C@@H](C)[C@@H](C)O[Si](C)(C)C(C)(C)C)cc1. The van der Waals surface area contributed by atoms with Crippen molar-refractivity contribution in [2.45, 2.75) is 64.9 Å². The normalized spacial score (nSPS) is 15.8. The lowest BCUT2D eigenvalue weighted by molar-refractivity contribution is -0.447. The highest BCUT2D eigenvalue weighted by Crippen LogP contribution is 2.37. The van der Waals surface area contributed by atoms with Crippen molar-refractivity contribution in [2.75, 3.05) is 13.9 Å². The number of methoxy groups -OCH3 is 1. The molecule has 142 valence electrons. The molecular weight excluding hydrogens is 336 g/mol. The third-order valence-electron chi connectivity index (χ3n) is 4.65. The molecule has 0 bridgehead atoms. The van der Waals surface area contributed by atoms with E-state index >= 15 is 0 Å². The van der Waals surface area contributed by atoms with Crippen molar-refractivity contribution in [3.63, 3.8) is 0 Å². The second kappa shape index (κ2) is 8.78. The molecule has 0 heterocycles. The van der Waals surface area contributed by atoms with E-state index < -0.39 is 8.32 Å². The number of azo groups is 1. The van der Waals surface area contributed by atoms with Gasteiger partial charge in [0.25, 0.3) is 0 Å². The largest absolute Gasteiger partial charge is 0.594 e. The maximum atomic E-state index is 12.3. The van der Waals surface area contributed by atoms with E-state index in [2.05, 4.69) is 39.0 Å². The Balaban J connectivity index is 2.77. The van der Waals surface area contributed by atoms with Gasteiger partial charge in [-0.15, -0.1) is 0 Å². The summed E-state index contributed by atoms with van der Waals surface area (Å²) < 4.78 is 16.5. The molecule has 0 aliphatic carbocycles. The molecule has 0 fully saturated rings. The number of hydrogen-bond donors (Lipinski definition) is 0.